The molecule has 0 aliphatic heterocycles. The number of aromatic nitrogens is 1. The zero-order valence-electron chi connectivity index (χ0n) is 14.5. The first-order chi connectivity index (χ1) is 11.6. The Labute approximate surface area is 142 Å². The van der Waals surface area contributed by atoms with Crippen LogP contribution in [0.5, 0.6) is 11.5 Å². The Morgan fingerprint density at radius 2 is 2.04 bits per heavy atom. The molecular weight excluding hydrogens is 306 g/mol. The van der Waals surface area contributed by atoms with E-state index in [-0.39, 0.29) is 6.10 Å². The van der Waals surface area contributed by atoms with Gasteiger partial charge in [0.2, 0.25) is 0 Å². The summed E-state index contributed by atoms with van der Waals surface area (Å²) in [4.78, 5) is 16.2. The number of carbonyl (C=O) groups excluding carboxylic acids is 1. The average molecular weight is 329 g/mol. The largest absolute Gasteiger partial charge is 0.493 e. The van der Waals surface area contributed by atoms with Gasteiger partial charge in [-0.25, -0.2) is 4.79 Å². The van der Waals surface area contributed by atoms with E-state index in [0.717, 1.165) is 17.7 Å². The Hall–Kier alpha value is -2.56. The molecule has 0 amide bonds. The highest BCUT2D eigenvalue weighted by Gasteiger charge is 2.18. The van der Waals surface area contributed by atoms with Crippen molar-refractivity contribution >= 4 is 5.97 Å². The second-order valence-electron chi connectivity index (χ2n) is 5.30. The number of methoxy groups -OCH3 is 1. The van der Waals surface area contributed by atoms with Crippen molar-refractivity contribution in [3.8, 4) is 11.5 Å². The van der Waals surface area contributed by atoms with Crippen LogP contribution in [-0.2, 0) is 4.74 Å². The van der Waals surface area contributed by atoms with E-state index in [2.05, 4.69) is 4.98 Å². The summed E-state index contributed by atoms with van der Waals surface area (Å²) in [6, 6.07) is 9.04. The smallest absolute Gasteiger partial charge is 0.341 e. The summed E-state index contributed by atoms with van der Waals surface area (Å²) in [5, 5.41) is 0. The molecule has 1 heterocycles. The summed E-state index contributed by atoms with van der Waals surface area (Å²) in [6.45, 7) is 6.37. The van der Waals surface area contributed by atoms with Gasteiger partial charge in [-0.05, 0) is 44.0 Å². The summed E-state index contributed by atoms with van der Waals surface area (Å²) in [5.74, 6) is 0.648. The van der Waals surface area contributed by atoms with Crippen LogP contribution in [0.2, 0.25) is 0 Å². The molecule has 2 rings (SSSR count). The third-order valence-corrected chi connectivity index (χ3v) is 3.66. The van der Waals surface area contributed by atoms with Gasteiger partial charge in [-0.3, -0.25) is 4.98 Å². The van der Waals surface area contributed by atoms with Crippen LogP contribution in [0.15, 0.2) is 36.5 Å². The monoisotopic (exact) mass is 329 g/mol. The molecule has 5 heteroatoms. The van der Waals surface area contributed by atoms with E-state index in [0.29, 0.717) is 23.7 Å². The quantitative estimate of drug-likeness (QED) is 0.716. The fourth-order valence-corrected chi connectivity index (χ4v) is 2.46. The molecule has 24 heavy (non-hydrogen) atoms. The van der Waals surface area contributed by atoms with Crippen LogP contribution in [0.3, 0.4) is 0 Å². The minimum Gasteiger partial charge on any atom is -0.493 e. The predicted octanol–water partition coefficient (Wildman–Crippen LogP) is 4.11. The van der Waals surface area contributed by atoms with Crippen LogP contribution in [0.1, 0.15) is 48.0 Å². The molecule has 0 bridgehead atoms. The maximum Gasteiger partial charge on any atom is 0.341 e. The van der Waals surface area contributed by atoms with Crippen LogP contribution in [0.4, 0.5) is 0 Å². The van der Waals surface area contributed by atoms with Crippen molar-refractivity contribution < 1.29 is 19.0 Å². The molecule has 0 radical (unpaired) electrons. The van der Waals surface area contributed by atoms with Crippen LogP contribution in [-0.4, -0.2) is 24.7 Å². The predicted molar refractivity (Wildman–Crippen MR) is 91.6 cm³/mol. The average Bonchev–Trinajstić information content (AvgIpc) is 2.60. The summed E-state index contributed by atoms with van der Waals surface area (Å²) in [7, 11) is 1.35. The lowest BCUT2D eigenvalue weighted by Crippen LogP contribution is -2.11. The van der Waals surface area contributed by atoms with Gasteiger partial charge in [0.25, 0.3) is 0 Å². The first-order valence-electron chi connectivity index (χ1n) is 8.04. The highest BCUT2D eigenvalue weighted by molar-refractivity contribution is 5.92. The summed E-state index contributed by atoms with van der Waals surface area (Å²) in [5.41, 5.74) is 2.38. The maximum atomic E-state index is 11.8. The molecule has 1 atom stereocenters. The third-order valence-electron chi connectivity index (χ3n) is 3.66. The van der Waals surface area contributed by atoms with Gasteiger partial charge in [0.05, 0.1) is 19.4 Å². The van der Waals surface area contributed by atoms with Crippen LogP contribution in [0, 0.1) is 6.92 Å². The molecule has 0 saturated carbocycles. The van der Waals surface area contributed by atoms with Gasteiger partial charge in [0.1, 0.15) is 23.2 Å². The van der Waals surface area contributed by atoms with Crippen LogP contribution < -0.4 is 9.47 Å². The minimum absolute atomic E-state index is 0.162. The van der Waals surface area contributed by atoms with Crippen LogP contribution in [0.25, 0.3) is 0 Å². The molecule has 1 aromatic carbocycles. The van der Waals surface area contributed by atoms with Gasteiger partial charge in [-0.15, -0.1) is 0 Å². The summed E-state index contributed by atoms with van der Waals surface area (Å²) >= 11 is 0. The number of esters is 1. The van der Waals surface area contributed by atoms with E-state index in [1.807, 2.05) is 32.9 Å². The standard InChI is InChI=1S/C19H23NO4/c1-5-16(18-13(3)8-7-11-20-18)24-14-9-10-15(19(21)22-4)17(12-14)23-6-2/h7-12,16H,5-6H2,1-4H3. The molecule has 0 saturated heterocycles. The first-order valence-corrected chi connectivity index (χ1v) is 8.04. The number of benzene rings is 1. The number of hydrogen-bond acceptors (Lipinski definition) is 5. The third kappa shape index (κ3) is 4.04. The number of pyridine rings is 1. The lowest BCUT2D eigenvalue weighted by atomic mass is 10.1. The van der Waals surface area contributed by atoms with Gasteiger partial charge in [-0.1, -0.05) is 13.0 Å². The molecule has 0 spiro atoms. The van der Waals surface area contributed by atoms with Gasteiger partial charge >= 0.3 is 5.97 Å². The number of rotatable bonds is 7. The Balaban J connectivity index is 2.29. The highest BCUT2D eigenvalue weighted by atomic mass is 16.5. The van der Waals surface area contributed by atoms with Crippen molar-refractivity contribution in [2.75, 3.05) is 13.7 Å². The van der Waals surface area contributed by atoms with Crippen molar-refractivity contribution in [2.24, 2.45) is 0 Å². The Morgan fingerprint density at radius 1 is 1.25 bits per heavy atom. The van der Waals surface area contributed by atoms with Crippen molar-refractivity contribution in [3.63, 3.8) is 0 Å². The molecule has 1 unspecified atom stereocenters. The van der Waals surface area contributed by atoms with Gasteiger partial charge < -0.3 is 14.2 Å². The fraction of sp³-hybridized carbons (Fsp3) is 0.368. The Morgan fingerprint density at radius 3 is 2.67 bits per heavy atom. The molecule has 0 fully saturated rings. The van der Waals surface area contributed by atoms with Gasteiger partial charge in [0.15, 0.2) is 0 Å². The normalized spacial score (nSPS) is 11.7. The molecule has 1 aromatic heterocycles. The summed E-state index contributed by atoms with van der Waals surface area (Å²) < 4.78 is 16.4. The zero-order valence-corrected chi connectivity index (χ0v) is 14.5. The van der Waals surface area contributed by atoms with Crippen LogP contribution >= 0.6 is 0 Å². The molecule has 0 aliphatic carbocycles. The zero-order chi connectivity index (χ0) is 17.5. The SMILES string of the molecule is CCOc1cc(OC(CC)c2ncccc2C)ccc1C(=O)OC. The van der Waals surface area contributed by atoms with Crippen molar-refractivity contribution in [1.82, 2.24) is 4.98 Å². The van der Waals surface area contributed by atoms with E-state index in [4.69, 9.17) is 14.2 Å². The fourth-order valence-electron chi connectivity index (χ4n) is 2.46. The second kappa shape index (κ2) is 8.34. The molecule has 128 valence electrons. The number of aryl methyl sites for hydroxylation is 1. The number of carbonyl (C=O) groups is 1. The number of nitrogens with zero attached hydrogens (tertiary/aromatic N) is 1. The highest BCUT2D eigenvalue weighted by Crippen LogP contribution is 2.30. The minimum atomic E-state index is -0.433. The molecule has 0 aliphatic rings. The summed E-state index contributed by atoms with van der Waals surface area (Å²) in [6.07, 6.45) is 2.38. The Kier molecular flexibility index (Phi) is 6.18. The molecule has 0 N–H and O–H groups in total. The van der Waals surface area contributed by atoms with E-state index >= 15 is 0 Å². The molecule has 5 nitrogen and oxygen atoms in total. The lowest BCUT2D eigenvalue weighted by molar-refractivity contribution is 0.0596. The van der Waals surface area contributed by atoms with Gasteiger partial charge in [0, 0.05) is 12.3 Å². The van der Waals surface area contributed by atoms with Crippen molar-refractivity contribution in [1.29, 1.82) is 0 Å². The van der Waals surface area contributed by atoms with E-state index in [1.165, 1.54) is 7.11 Å². The first kappa shape index (κ1) is 17.8. The van der Waals surface area contributed by atoms with Gasteiger partial charge in [-0.2, -0.15) is 0 Å². The Bertz CT molecular complexity index is 700. The number of hydrogen-bond donors (Lipinski definition) is 0. The van der Waals surface area contributed by atoms with Crippen molar-refractivity contribution in [3.05, 3.63) is 53.3 Å². The lowest BCUT2D eigenvalue weighted by Gasteiger charge is -2.19. The topological polar surface area (TPSA) is 57.7 Å². The molecule has 2 aromatic rings. The van der Waals surface area contributed by atoms with Crippen molar-refractivity contribution in [2.45, 2.75) is 33.3 Å². The van der Waals surface area contributed by atoms with E-state index < -0.39 is 5.97 Å². The number of ether oxygens (including phenoxy) is 3. The van der Waals surface area contributed by atoms with E-state index in [1.54, 1.807) is 24.4 Å². The van der Waals surface area contributed by atoms with E-state index in [9.17, 15) is 4.79 Å². The maximum absolute atomic E-state index is 11.8. The molecular formula is C19H23NO4. The second-order valence-corrected chi connectivity index (χ2v) is 5.30.